The van der Waals surface area contributed by atoms with Crippen LogP contribution in [0.2, 0.25) is 0 Å². The minimum absolute atomic E-state index is 0.730. The number of thiophene rings is 1. The van der Waals surface area contributed by atoms with Crippen LogP contribution >= 0.6 is 11.3 Å². The van der Waals surface area contributed by atoms with Crippen LogP contribution in [0.15, 0.2) is 71.4 Å². The summed E-state index contributed by atoms with van der Waals surface area (Å²) in [6.07, 6.45) is 0. The first kappa shape index (κ1) is 18.8. The summed E-state index contributed by atoms with van der Waals surface area (Å²) in [6, 6.07) is 23.0. The van der Waals surface area contributed by atoms with Crippen LogP contribution < -0.4 is 4.90 Å². The molecular formula is C25H22N4S. The third-order valence-corrected chi connectivity index (χ3v) is 6.38. The summed E-state index contributed by atoms with van der Waals surface area (Å²) in [7, 11) is 0. The largest absolute Gasteiger partial charge is 0.354 e. The van der Waals surface area contributed by atoms with Crippen molar-refractivity contribution in [2.75, 3.05) is 31.1 Å². The average molecular weight is 411 g/mol. The van der Waals surface area contributed by atoms with Crippen molar-refractivity contribution in [3.05, 3.63) is 82.6 Å². The van der Waals surface area contributed by atoms with Gasteiger partial charge in [0.2, 0.25) is 0 Å². The van der Waals surface area contributed by atoms with Gasteiger partial charge in [0, 0.05) is 43.7 Å². The van der Waals surface area contributed by atoms with Crippen LogP contribution in [0.4, 0.5) is 5.82 Å². The zero-order valence-electron chi connectivity index (χ0n) is 16.7. The maximum Gasteiger partial charge on any atom is 0.129 e. The van der Waals surface area contributed by atoms with Crippen LogP contribution in [0.25, 0.3) is 22.0 Å². The molecule has 2 aromatic carbocycles. The second kappa shape index (κ2) is 8.27. The Labute approximate surface area is 180 Å². The van der Waals surface area contributed by atoms with Crippen LogP contribution in [0.3, 0.4) is 0 Å². The Morgan fingerprint density at radius 2 is 1.83 bits per heavy atom. The number of para-hydroxylation sites is 1. The first-order valence-corrected chi connectivity index (χ1v) is 11.1. The Kier molecular flexibility index (Phi) is 5.18. The quantitative estimate of drug-likeness (QED) is 0.466. The van der Waals surface area contributed by atoms with Gasteiger partial charge >= 0.3 is 0 Å². The Bertz CT molecular complexity index is 1200. The molecule has 30 heavy (non-hydrogen) atoms. The molecule has 0 atom stereocenters. The summed E-state index contributed by atoms with van der Waals surface area (Å²) in [4.78, 5) is 9.89. The summed E-state index contributed by atoms with van der Waals surface area (Å²) in [5, 5.41) is 14.6. The van der Waals surface area contributed by atoms with Crippen LogP contribution in [-0.4, -0.2) is 36.1 Å². The first-order valence-electron chi connectivity index (χ1n) is 10.2. The molecule has 1 aliphatic heterocycles. The number of nitrogens with zero attached hydrogens (tertiary/aromatic N) is 4. The van der Waals surface area contributed by atoms with E-state index in [1.54, 1.807) is 11.3 Å². The van der Waals surface area contributed by atoms with Gasteiger partial charge in [-0.2, -0.15) is 16.6 Å². The molecule has 1 saturated heterocycles. The Balaban J connectivity index is 1.32. The predicted octanol–water partition coefficient (Wildman–Crippen LogP) is 5.16. The van der Waals surface area contributed by atoms with E-state index in [1.165, 1.54) is 22.1 Å². The van der Waals surface area contributed by atoms with Gasteiger partial charge < -0.3 is 4.90 Å². The van der Waals surface area contributed by atoms with E-state index >= 15 is 0 Å². The number of benzene rings is 2. The van der Waals surface area contributed by atoms with E-state index < -0.39 is 0 Å². The van der Waals surface area contributed by atoms with Crippen molar-refractivity contribution in [1.82, 2.24) is 9.88 Å². The smallest absolute Gasteiger partial charge is 0.129 e. The van der Waals surface area contributed by atoms with Crippen molar-refractivity contribution in [2.45, 2.75) is 6.54 Å². The lowest BCUT2D eigenvalue weighted by Crippen LogP contribution is -2.46. The molecule has 0 saturated carbocycles. The highest BCUT2D eigenvalue weighted by Crippen LogP contribution is 2.30. The lowest BCUT2D eigenvalue weighted by Gasteiger charge is -2.35. The molecule has 4 aromatic rings. The zero-order chi connectivity index (χ0) is 20.3. The summed E-state index contributed by atoms with van der Waals surface area (Å²) in [5.41, 5.74) is 5.44. The van der Waals surface area contributed by atoms with E-state index in [-0.39, 0.29) is 0 Å². The summed E-state index contributed by atoms with van der Waals surface area (Å²) >= 11 is 1.72. The summed E-state index contributed by atoms with van der Waals surface area (Å²) in [5.74, 6) is 1.05. The summed E-state index contributed by atoms with van der Waals surface area (Å²) < 4.78 is 0. The molecule has 0 N–H and O–H groups in total. The fourth-order valence-electron chi connectivity index (χ4n) is 4.10. The molecule has 1 fully saturated rings. The molecule has 148 valence electrons. The molecular weight excluding hydrogens is 388 g/mol. The van der Waals surface area contributed by atoms with Gasteiger partial charge in [0.15, 0.2) is 0 Å². The number of pyridine rings is 1. The summed E-state index contributed by atoms with van der Waals surface area (Å²) in [6.45, 7) is 4.77. The Morgan fingerprint density at radius 1 is 0.967 bits per heavy atom. The lowest BCUT2D eigenvalue weighted by molar-refractivity contribution is 0.249. The number of rotatable bonds is 4. The van der Waals surface area contributed by atoms with Gasteiger partial charge in [-0.15, -0.1) is 0 Å². The zero-order valence-corrected chi connectivity index (χ0v) is 17.5. The van der Waals surface area contributed by atoms with Crippen molar-refractivity contribution in [1.29, 1.82) is 5.26 Å². The van der Waals surface area contributed by atoms with Crippen LogP contribution in [-0.2, 0) is 6.54 Å². The molecule has 4 nitrogen and oxygen atoms in total. The number of hydrogen-bond donors (Lipinski definition) is 0. The number of aromatic nitrogens is 1. The fourth-order valence-corrected chi connectivity index (χ4v) is 4.75. The first-order chi connectivity index (χ1) is 14.8. The molecule has 3 heterocycles. The molecule has 0 radical (unpaired) electrons. The molecule has 0 unspecified atom stereocenters. The number of anilines is 1. The van der Waals surface area contributed by atoms with Crippen molar-refractivity contribution in [2.24, 2.45) is 0 Å². The highest BCUT2D eigenvalue weighted by atomic mass is 32.1. The van der Waals surface area contributed by atoms with Crippen molar-refractivity contribution < 1.29 is 0 Å². The highest BCUT2D eigenvalue weighted by Gasteiger charge is 2.19. The number of fused-ring (bicyclic) bond motifs is 1. The minimum Gasteiger partial charge on any atom is -0.354 e. The Morgan fingerprint density at radius 3 is 2.63 bits per heavy atom. The van der Waals surface area contributed by atoms with Crippen molar-refractivity contribution in [3.8, 4) is 17.2 Å². The van der Waals surface area contributed by atoms with Gasteiger partial charge in [-0.1, -0.05) is 30.3 Å². The monoisotopic (exact) mass is 410 g/mol. The highest BCUT2D eigenvalue weighted by molar-refractivity contribution is 7.08. The number of hydrogen-bond acceptors (Lipinski definition) is 5. The van der Waals surface area contributed by atoms with Gasteiger partial charge in [-0.25, -0.2) is 4.98 Å². The molecule has 2 aromatic heterocycles. The van der Waals surface area contributed by atoms with Gasteiger partial charge in [0.05, 0.1) is 17.1 Å². The van der Waals surface area contributed by atoms with E-state index in [0.717, 1.165) is 49.6 Å². The maximum absolute atomic E-state index is 9.11. The van der Waals surface area contributed by atoms with Crippen LogP contribution in [0, 0.1) is 11.3 Å². The van der Waals surface area contributed by atoms with E-state index in [9.17, 15) is 0 Å². The second-order valence-corrected chi connectivity index (χ2v) is 8.41. The maximum atomic E-state index is 9.11. The number of nitriles is 1. The second-order valence-electron chi connectivity index (χ2n) is 7.63. The van der Waals surface area contributed by atoms with E-state index in [2.05, 4.69) is 69.1 Å². The van der Waals surface area contributed by atoms with Crippen molar-refractivity contribution >= 4 is 28.1 Å². The third kappa shape index (κ3) is 3.80. The Hall–Kier alpha value is -3.20. The fraction of sp³-hybridized carbons (Fsp3) is 0.200. The molecule has 0 spiro atoms. The molecule has 1 aliphatic rings. The van der Waals surface area contributed by atoms with Crippen molar-refractivity contribution in [3.63, 3.8) is 0 Å². The number of piperazine rings is 1. The normalized spacial score (nSPS) is 14.7. The van der Waals surface area contributed by atoms with E-state index in [4.69, 9.17) is 10.2 Å². The lowest BCUT2D eigenvalue weighted by atomic mass is 10.0. The molecule has 0 bridgehead atoms. The van der Waals surface area contributed by atoms with E-state index in [0.29, 0.717) is 0 Å². The van der Waals surface area contributed by atoms with Crippen LogP contribution in [0.1, 0.15) is 11.1 Å². The van der Waals surface area contributed by atoms with Crippen LogP contribution in [0.5, 0.6) is 0 Å². The standard InChI is InChI=1S/C25H22N4S/c26-16-19-3-1-4-20(15-19)17-28-10-12-29(13-11-28)24-8-7-21-5-2-6-23(25(21)27-24)22-9-14-30-18-22/h1-9,14-15,18H,10-13,17H2. The molecule has 5 rings (SSSR count). The topological polar surface area (TPSA) is 43.2 Å². The van der Waals surface area contributed by atoms with E-state index in [1.807, 2.05) is 18.2 Å². The molecule has 0 aliphatic carbocycles. The van der Waals surface area contributed by atoms with Gasteiger partial charge in [-0.3, -0.25) is 4.90 Å². The molecule has 0 amide bonds. The minimum atomic E-state index is 0.730. The van der Waals surface area contributed by atoms with Gasteiger partial charge in [0.25, 0.3) is 0 Å². The SMILES string of the molecule is N#Cc1cccc(CN2CCN(c3ccc4cccc(-c5ccsc5)c4n3)CC2)c1. The van der Waals surface area contributed by atoms with Gasteiger partial charge in [-0.05, 0) is 52.2 Å². The third-order valence-electron chi connectivity index (χ3n) is 5.70. The van der Waals surface area contributed by atoms with Gasteiger partial charge in [0.1, 0.15) is 5.82 Å². The molecule has 5 heteroatoms. The predicted molar refractivity (Wildman–Crippen MR) is 124 cm³/mol. The average Bonchev–Trinajstić information content (AvgIpc) is 3.34.